The van der Waals surface area contributed by atoms with Gasteiger partial charge in [-0.05, 0) is 30.3 Å². The minimum atomic E-state index is -0.483. The second-order valence-electron chi connectivity index (χ2n) is 7.33. The fraction of sp³-hybridized carbons (Fsp3) is 0.0417. The molecule has 9 heteroatoms. The van der Waals surface area contributed by atoms with Crippen molar-refractivity contribution in [2.75, 3.05) is 7.11 Å². The van der Waals surface area contributed by atoms with Crippen LogP contribution in [-0.4, -0.2) is 32.8 Å². The maximum Gasteiger partial charge on any atom is 0.337 e. The first kappa shape index (κ1) is 20.1. The number of H-pyrrole nitrogens is 1. The van der Waals surface area contributed by atoms with Crippen LogP contribution < -0.4 is 5.56 Å². The molecule has 0 unspecified atom stereocenters. The van der Waals surface area contributed by atoms with Crippen LogP contribution in [0.1, 0.15) is 10.4 Å². The summed E-state index contributed by atoms with van der Waals surface area (Å²) in [5.41, 5.74) is 2.79. The van der Waals surface area contributed by atoms with Crippen LogP contribution in [0.2, 0.25) is 0 Å². The van der Waals surface area contributed by atoms with Gasteiger partial charge in [0.15, 0.2) is 0 Å². The zero-order valence-electron chi connectivity index (χ0n) is 17.3. The Hall–Kier alpha value is -4.79. The van der Waals surface area contributed by atoms with Gasteiger partial charge in [-0.15, -0.1) is 0 Å². The third-order valence-electron chi connectivity index (χ3n) is 5.41. The largest absolute Gasteiger partial charge is 0.465 e. The van der Waals surface area contributed by atoms with E-state index in [4.69, 9.17) is 4.74 Å². The van der Waals surface area contributed by atoms with E-state index in [9.17, 15) is 19.7 Å². The molecule has 0 saturated heterocycles. The van der Waals surface area contributed by atoms with Crippen molar-refractivity contribution in [2.24, 2.45) is 0 Å². The summed E-state index contributed by atoms with van der Waals surface area (Å²) in [7, 11) is 1.29. The molecule has 1 N–H and O–H groups in total. The monoisotopic (exact) mass is 440 g/mol. The summed E-state index contributed by atoms with van der Waals surface area (Å²) in [6.45, 7) is 0. The van der Waals surface area contributed by atoms with E-state index in [2.05, 4.69) is 10.1 Å². The van der Waals surface area contributed by atoms with Crippen LogP contribution in [0.4, 0.5) is 5.69 Å². The standard InChI is InChI=1S/C24H16N4O5/c1-33-24(30)14-9-11-16(12-10-14)27-23(29)20-21(15-5-4-6-17(13-15)28(31)32)25-19-8-3-2-7-18(19)22(20)26-27/h2-13,25H,1H3. The number of carbonyl (C=O) groups is 1. The Morgan fingerprint density at radius 2 is 1.82 bits per heavy atom. The Morgan fingerprint density at radius 3 is 2.55 bits per heavy atom. The van der Waals surface area contributed by atoms with Crippen molar-refractivity contribution in [1.29, 1.82) is 0 Å². The summed E-state index contributed by atoms with van der Waals surface area (Å²) < 4.78 is 5.97. The number of benzene rings is 3. The van der Waals surface area contributed by atoms with Crippen LogP contribution in [0.3, 0.4) is 0 Å². The number of nitrogens with zero attached hydrogens (tertiary/aromatic N) is 3. The molecule has 0 fully saturated rings. The summed E-state index contributed by atoms with van der Waals surface area (Å²) in [6.07, 6.45) is 0. The highest BCUT2D eigenvalue weighted by atomic mass is 16.6. The summed E-state index contributed by atoms with van der Waals surface area (Å²) in [5.74, 6) is -0.483. The van der Waals surface area contributed by atoms with Crippen LogP contribution in [0.15, 0.2) is 77.6 Å². The molecule has 2 aliphatic rings. The number of fused-ring (bicyclic) bond motifs is 3. The molecule has 0 aromatic heterocycles. The molecule has 0 spiro atoms. The summed E-state index contributed by atoms with van der Waals surface area (Å²) >= 11 is 0. The fourth-order valence-corrected chi connectivity index (χ4v) is 3.84. The highest BCUT2D eigenvalue weighted by Gasteiger charge is 2.25. The van der Waals surface area contributed by atoms with Crippen LogP contribution in [0, 0.1) is 10.1 Å². The van der Waals surface area contributed by atoms with E-state index in [1.165, 1.54) is 23.9 Å². The van der Waals surface area contributed by atoms with E-state index >= 15 is 0 Å². The molecule has 0 atom stereocenters. The van der Waals surface area contributed by atoms with E-state index < -0.39 is 10.9 Å². The Bertz CT molecular complexity index is 1570. The number of hydrogen-bond donors (Lipinski definition) is 1. The molecule has 0 radical (unpaired) electrons. The number of ether oxygens (including phenoxy) is 1. The average Bonchev–Trinajstić information content (AvgIpc) is 3.20. The molecular weight excluding hydrogens is 424 g/mol. The van der Waals surface area contributed by atoms with Gasteiger partial charge in [-0.2, -0.15) is 9.78 Å². The number of aromatic amines is 1. The Kier molecular flexibility index (Phi) is 4.71. The van der Waals surface area contributed by atoms with Gasteiger partial charge in [0.05, 0.1) is 34.5 Å². The van der Waals surface area contributed by atoms with Gasteiger partial charge >= 0.3 is 5.97 Å². The highest BCUT2D eigenvalue weighted by molar-refractivity contribution is 5.99. The molecule has 9 nitrogen and oxygen atoms in total. The molecule has 0 saturated carbocycles. The zero-order valence-corrected chi connectivity index (χ0v) is 17.3. The molecule has 3 aromatic carbocycles. The maximum absolute atomic E-state index is 13.5. The molecule has 33 heavy (non-hydrogen) atoms. The van der Waals surface area contributed by atoms with Gasteiger partial charge in [-0.1, -0.05) is 30.3 Å². The number of hydrogen-bond acceptors (Lipinski definition) is 6. The van der Waals surface area contributed by atoms with Crippen molar-refractivity contribution >= 4 is 22.6 Å². The minimum Gasteiger partial charge on any atom is -0.465 e. The third kappa shape index (κ3) is 3.32. The van der Waals surface area contributed by atoms with E-state index in [-0.39, 0.29) is 11.2 Å². The molecule has 5 rings (SSSR count). The van der Waals surface area contributed by atoms with E-state index in [0.29, 0.717) is 33.8 Å². The number of methoxy groups -OCH3 is 1. The van der Waals surface area contributed by atoms with Crippen molar-refractivity contribution in [1.82, 2.24) is 14.8 Å². The lowest BCUT2D eigenvalue weighted by atomic mass is 10.00. The molecule has 3 aromatic rings. The molecule has 2 heterocycles. The zero-order chi connectivity index (χ0) is 23.1. The van der Waals surface area contributed by atoms with Gasteiger partial charge < -0.3 is 9.72 Å². The van der Waals surface area contributed by atoms with Gasteiger partial charge in [0, 0.05) is 28.6 Å². The number of rotatable bonds is 4. The first-order chi connectivity index (χ1) is 16.0. The molecule has 0 aliphatic carbocycles. The number of para-hydroxylation sites is 1. The van der Waals surface area contributed by atoms with Crippen molar-refractivity contribution in [2.45, 2.75) is 0 Å². The van der Waals surface area contributed by atoms with Gasteiger partial charge in [0.2, 0.25) is 0 Å². The van der Waals surface area contributed by atoms with Crippen LogP contribution >= 0.6 is 0 Å². The average molecular weight is 440 g/mol. The number of esters is 1. The molecule has 0 bridgehead atoms. The first-order valence-electron chi connectivity index (χ1n) is 9.95. The minimum absolute atomic E-state index is 0.0829. The van der Waals surface area contributed by atoms with Crippen LogP contribution in [-0.2, 0) is 4.74 Å². The number of nitro groups is 1. The van der Waals surface area contributed by atoms with Crippen molar-refractivity contribution in [3.8, 4) is 28.2 Å². The normalized spacial score (nSPS) is 11.1. The first-order valence-corrected chi connectivity index (χ1v) is 9.95. The van der Waals surface area contributed by atoms with E-state index in [1.54, 1.807) is 36.4 Å². The van der Waals surface area contributed by atoms with Crippen molar-refractivity contribution < 1.29 is 14.5 Å². The lowest BCUT2D eigenvalue weighted by Gasteiger charge is -2.10. The molecule has 2 aliphatic heterocycles. The van der Waals surface area contributed by atoms with Gasteiger partial charge in [-0.3, -0.25) is 14.9 Å². The second kappa shape index (κ2) is 7.72. The van der Waals surface area contributed by atoms with Crippen LogP contribution in [0.5, 0.6) is 0 Å². The van der Waals surface area contributed by atoms with Crippen LogP contribution in [0.25, 0.3) is 39.1 Å². The topological polar surface area (TPSA) is 120 Å². The summed E-state index contributed by atoms with van der Waals surface area (Å²) in [5, 5.41) is 16.6. The summed E-state index contributed by atoms with van der Waals surface area (Å²) in [4.78, 5) is 39.3. The molecule has 162 valence electrons. The predicted octanol–water partition coefficient (Wildman–Crippen LogP) is 4.18. The van der Waals surface area contributed by atoms with E-state index in [1.807, 2.05) is 24.3 Å². The number of nitrogens with one attached hydrogen (secondary N) is 1. The van der Waals surface area contributed by atoms with Gasteiger partial charge in [0.25, 0.3) is 11.2 Å². The lowest BCUT2D eigenvalue weighted by molar-refractivity contribution is -0.384. The van der Waals surface area contributed by atoms with Crippen molar-refractivity contribution in [3.63, 3.8) is 0 Å². The smallest absolute Gasteiger partial charge is 0.337 e. The number of aromatic nitrogens is 3. The third-order valence-corrected chi connectivity index (χ3v) is 5.41. The Balaban J connectivity index is 1.78. The van der Waals surface area contributed by atoms with Crippen molar-refractivity contribution in [3.05, 3.63) is 98.8 Å². The number of carbonyl (C=O) groups excluding carboxylic acids is 1. The number of non-ortho nitro benzene ring substituents is 1. The predicted molar refractivity (Wildman–Crippen MR) is 122 cm³/mol. The SMILES string of the molecule is COC(=O)c1ccc(-n2nc3c4ccccc4[nH]c(-c4cccc([N+](=O)[O-])c4)c-3c2=O)cc1. The Labute approximate surface area is 186 Å². The summed E-state index contributed by atoms with van der Waals surface area (Å²) in [6, 6.07) is 19.8. The number of nitro benzene ring substituents is 1. The van der Waals surface area contributed by atoms with Gasteiger partial charge in [0.1, 0.15) is 5.69 Å². The second-order valence-corrected chi connectivity index (χ2v) is 7.33. The maximum atomic E-state index is 13.5. The highest BCUT2D eigenvalue weighted by Crippen LogP contribution is 2.35. The van der Waals surface area contributed by atoms with E-state index in [0.717, 1.165) is 10.9 Å². The number of pyridine rings is 1. The Morgan fingerprint density at radius 1 is 1.06 bits per heavy atom. The fourth-order valence-electron chi connectivity index (χ4n) is 3.84. The van der Waals surface area contributed by atoms with Gasteiger partial charge in [-0.25, -0.2) is 4.79 Å². The lowest BCUT2D eigenvalue weighted by Crippen LogP contribution is -2.15. The quantitative estimate of drug-likeness (QED) is 0.254. The molecular formula is C24H16N4O5. The molecule has 0 amide bonds.